The summed E-state index contributed by atoms with van der Waals surface area (Å²) in [6.07, 6.45) is 3.94. The Morgan fingerprint density at radius 2 is 1.71 bits per heavy atom. The van der Waals surface area contributed by atoms with Gasteiger partial charge in [0, 0.05) is 22.4 Å². The zero-order chi connectivity index (χ0) is 12.5. The monoisotopic (exact) mass is 306 g/mol. The van der Waals surface area contributed by atoms with E-state index in [1.165, 1.54) is 5.19 Å². The van der Waals surface area contributed by atoms with Gasteiger partial charge in [-0.15, -0.1) is 0 Å². The average molecular weight is 307 g/mol. The smallest absolute Gasteiger partial charge is 0.159 e. The average Bonchev–Trinajstić information content (AvgIpc) is 2.28. The van der Waals surface area contributed by atoms with Gasteiger partial charge in [0.25, 0.3) is 0 Å². The Kier molecular flexibility index (Phi) is 3.44. The van der Waals surface area contributed by atoms with Crippen LogP contribution in [0.2, 0.25) is 19.6 Å². The minimum absolute atomic E-state index is 0.785. The van der Waals surface area contributed by atoms with Crippen molar-refractivity contribution in [2.45, 2.75) is 19.6 Å². The molecule has 0 bridgehead atoms. The Morgan fingerprint density at radius 1 is 1.06 bits per heavy atom. The van der Waals surface area contributed by atoms with Crippen LogP contribution in [0.25, 0.3) is 11.4 Å². The third-order valence-corrected chi connectivity index (χ3v) is 5.08. The van der Waals surface area contributed by atoms with Crippen molar-refractivity contribution in [1.82, 2.24) is 9.97 Å². The molecule has 2 aromatic rings. The second kappa shape index (κ2) is 4.70. The molecule has 4 heteroatoms. The van der Waals surface area contributed by atoms with Crippen molar-refractivity contribution in [3.05, 3.63) is 41.1 Å². The summed E-state index contributed by atoms with van der Waals surface area (Å²) in [6.45, 7) is 6.89. The first-order valence-electron chi connectivity index (χ1n) is 5.55. The standard InChI is InChI=1S/C13H15BrN2Si/c1-17(2,3)12-8-15-13(16-9-12)10-5-4-6-11(14)7-10/h4-9H,1-3H3. The van der Waals surface area contributed by atoms with Gasteiger partial charge in [-0.1, -0.05) is 47.7 Å². The van der Waals surface area contributed by atoms with Crippen molar-refractivity contribution >= 4 is 29.2 Å². The van der Waals surface area contributed by atoms with Crippen LogP contribution in [0.5, 0.6) is 0 Å². The first-order chi connectivity index (χ1) is 7.97. The summed E-state index contributed by atoms with van der Waals surface area (Å²) in [5.41, 5.74) is 1.04. The van der Waals surface area contributed by atoms with Crippen molar-refractivity contribution in [2.24, 2.45) is 0 Å². The fraction of sp³-hybridized carbons (Fsp3) is 0.231. The summed E-state index contributed by atoms with van der Waals surface area (Å²) in [6, 6.07) is 8.05. The highest BCUT2D eigenvalue weighted by molar-refractivity contribution is 9.10. The number of aromatic nitrogens is 2. The molecule has 0 amide bonds. The summed E-state index contributed by atoms with van der Waals surface area (Å²) in [7, 11) is -1.30. The van der Waals surface area contributed by atoms with Gasteiger partial charge in [0.1, 0.15) is 0 Å². The molecule has 0 saturated heterocycles. The molecule has 0 saturated carbocycles. The van der Waals surface area contributed by atoms with Crippen LogP contribution in [0.3, 0.4) is 0 Å². The Hall–Kier alpha value is -1.00. The molecule has 0 spiro atoms. The number of hydrogen-bond donors (Lipinski definition) is 0. The van der Waals surface area contributed by atoms with Gasteiger partial charge < -0.3 is 0 Å². The van der Waals surface area contributed by atoms with E-state index in [1.54, 1.807) is 0 Å². The highest BCUT2D eigenvalue weighted by Gasteiger charge is 2.17. The van der Waals surface area contributed by atoms with Crippen molar-refractivity contribution in [2.75, 3.05) is 0 Å². The van der Waals surface area contributed by atoms with Gasteiger partial charge in [0.05, 0.1) is 8.07 Å². The topological polar surface area (TPSA) is 25.8 Å². The van der Waals surface area contributed by atoms with E-state index in [2.05, 4.69) is 45.5 Å². The summed E-state index contributed by atoms with van der Waals surface area (Å²) in [4.78, 5) is 8.92. The highest BCUT2D eigenvalue weighted by atomic mass is 79.9. The van der Waals surface area contributed by atoms with Crippen LogP contribution < -0.4 is 5.19 Å². The van der Waals surface area contributed by atoms with E-state index >= 15 is 0 Å². The first-order valence-corrected chi connectivity index (χ1v) is 9.84. The van der Waals surface area contributed by atoms with Crippen LogP contribution >= 0.6 is 15.9 Å². The molecule has 0 N–H and O–H groups in total. The number of rotatable bonds is 2. The van der Waals surface area contributed by atoms with Crippen LogP contribution in [-0.2, 0) is 0 Å². The number of benzene rings is 1. The lowest BCUT2D eigenvalue weighted by Crippen LogP contribution is -2.38. The minimum atomic E-state index is -1.30. The molecule has 0 aliphatic rings. The van der Waals surface area contributed by atoms with Gasteiger partial charge in [-0.25, -0.2) is 9.97 Å². The van der Waals surface area contributed by atoms with Gasteiger partial charge in [0.2, 0.25) is 0 Å². The second-order valence-electron chi connectivity index (χ2n) is 5.06. The lowest BCUT2D eigenvalue weighted by atomic mass is 10.2. The molecule has 0 atom stereocenters. The SMILES string of the molecule is C[Si](C)(C)c1cnc(-c2cccc(Br)c2)nc1. The van der Waals surface area contributed by atoms with Gasteiger partial charge in [0.15, 0.2) is 5.82 Å². The Morgan fingerprint density at radius 3 is 2.24 bits per heavy atom. The molecule has 1 aromatic heterocycles. The number of halogens is 1. The van der Waals surface area contributed by atoms with Crippen LogP contribution in [0, 0.1) is 0 Å². The zero-order valence-corrected chi connectivity index (χ0v) is 12.8. The molecular weight excluding hydrogens is 292 g/mol. The van der Waals surface area contributed by atoms with Crippen LogP contribution in [0.1, 0.15) is 0 Å². The minimum Gasteiger partial charge on any atom is -0.237 e. The van der Waals surface area contributed by atoms with E-state index in [9.17, 15) is 0 Å². The zero-order valence-electron chi connectivity index (χ0n) is 10.2. The van der Waals surface area contributed by atoms with E-state index in [-0.39, 0.29) is 0 Å². The number of hydrogen-bond acceptors (Lipinski definition) is 2. The predicted octanol–water partition coefficient (Wildman–Crippen LogP) is 3.45. The second-order valence-corrected chi connectivity index (χ2v) is 11.0. The van der Waals surface area contributed by atoms with Crippen LogP contribution in [-0.4, -0.2) is 18.0 Å². The molecule has 1 aromatic carbocycles. The molecule has 0 radical (unpaired) electrons. The highest BCUT2D eigenvalue weighted by Crippen LogP contribution is 2.18. The molecule has 0 fully saturated rings. The van der Waals surface area contributed by atoms with Crippen molar-refractivity contribution in [3.8, 4) is 11.4 Å². The molecule has 1 heterocycles. The lowest BCUT2D eigenvalue weighted by molar-refractivity contribution is 1.19. The maximum atomic E-state index is 4.46. The van der Waals surface area contributed by atoms with E-state index in [0.717, 1.165) is 15.9 Å². The summed E-state index contributed by atoms with van der Waals surface area (Å²) < 4.78 is 1.05. The summed E-state index contributed by atoms with van der Waals surface area (Å²) >= 11 is 3.46. The Bertz CT molecular complexity index is 518. The van der Waals surface area contributed by atoms with Crippen molar-refractivity contribution in [1.29, 1.82) is 0 Å². The molecule has 2 rings (SSSR count). The Labute approximate surface area is 111 Å². The van der Waals surface area contributed by atoms with Crippen molar-refractivity contribution < 1.29 is 0 Å². The molecule has 0 unspecified atom stereocenters. The maximum absolute atomic E-state index is 4.46. The normalized spacial score (nSPS) is 11.5. The molecule has 88 valence electrons. The Balaban J connectivity index is 2.36. The van der Waals surface area contributed by atoms with Gasteiger partial charge in [-0.05, 0) is 17.3 Å². The number of nitrogens with zero attached hydrogens (tertiary/aromatic N) is 2. The van der Waals surface area contributed by atoms with Gasteiger partial charge in [-0.3, -0.25) is 0 Å². The maximum Gasteiger partial charge on any atom is 0.159 e. The summed E-state index contributed by atoms with van der Waals surface area (Å²) in [5.74, 6) is 0.785. The van der Waals surface area contributed by atoms with Gasteiger partial charge >= 0.3 is 0 Å². The molecule has 17 heavy (non-hydrogen) atoms. The third-order valence-electron chi connectivity index (χ3n) is 2.60. The molecule has 0 aliphatic carbocycles. The molecular formula is C13H15BrN2Si. The molecule has 2 nitrogen and oxygen atoms in total. The van der Waals surface area contributed by atoms with E-state index in [1.807, 2.05) is 36.7 Å². The molecule has 0 aliphatic heterocycles. The fourth-order valence-corrected chi connectivity index (χ4v) is 2.79. The van der Waals surface area contributed by atoms with Crippen molar-refractivity contribution in [3.63, 3.8) is 0 Å². The first kappa shape index (κ1) is 12.5. The van der Waals surface area contributed by atoms with Crippen LogP contribution in [0.4, 0.5) is 0 Å². The van der Waals surface area contributed by atoms with Gasteiger partial charge in [-0.2, -0.15) is 0 Å². The van der Waals surface area contributed by atoms with E-state index in [0.29, 0.717) is 0 Å². The summed E-state index contributed by atoms with van der Waals surface area (Å²) in [5, 5.41) is 1.29. The van der Waals surface area contributed by atoms with Crippen LogP contribution in [0.15, 0.2) is 41.1 Å². The largest absolute Gasteiger partial charge is 0.237 e. The van der Waals surface area contributed by atoms with E-state index < -0.39 is 8.07 Å². The third kappa shape index (κ3) is 3.01. The fourth-order valence-electron chi connectivity index (χ4n) is 1.49. The predicted molar refractivity (Wildman–Crippen MR) is 78.1 cm³/mol. The lowest BCUT2D eigenvalue weighted by Gasteiger charge is -2.15. The quantitative estimate of drug-likeness (QED) is 0.794. The van der Waals surface area contributed by atoms with E-state index in [4.69, 9.17) is 0 Å².